The van der Waals surface area contributed by atoms with Crippen LogP contribution in [-0.4, -0.2) is 14.5 Å². The normalized spacial score (nSPS) is 13.2. The highest BCUT2D eigenvalue weighted by molar-refractivity contribution is 6.17. The van der Waals surface area contributed by atoms with Gasteiger partial charge in [0.25, 0.3) is 0 Å². The van der Waals surface area contributed by atoms with Gasteiger partial charge in [0.15, 0.2) is 0 Å². The third-order valence-corrected chi connectivity index (χ3v) is 10.6. The lowest BCUT2D eigenvalue weighted by Gasteiger charge is -2.21. The smallest absolute Gasteiger partial charge is 0.235 e. The number of hydrogen-bond acceptors (Lipinski definition) is 2. The van der Waals surface area contributed by atoms with E-state index in [9.17, 15) is 0 Å². The van der Waals surface area contributed by atoms with Gasteiger partial charge in [0.2, 0.25) is 5.95 Å². The zero-order valence-electron chi connectivity index (χ0n) is 27.9. The molecule has 7 aromatic carbocycles. The molecule has 10 rings (SSSR count). The van der Waals surface area contributed by atoms with E-state index in [1.165, 1.54) is 49.4 Å². The molecule has 0 saturated heterocycles. The number of para-hydroxylation sites is 1. The van der Waals surface area contributed by atoms with Crippen molar-refractivity contribution >= 4 is 32.6 Å². The van der Waals surface area contributed by atoms with Gasteiger partial charge in [-0.2, -0.15) is 0 Å². The van der Waals surface area contributed by atoms with Crippen molar-refractivity contribution in [3.8, 4) is 50.7 Å². The molecule has 1 aliphatic carbocycles. The lowest BCUT2D eigenvalue weighted by atomic mass is 9.82. The van der Waals surface area contributed by atoms with Gasteiger partial charge in [-0.15, -0.1) is 0 Å². The molecule has 2 heterocycles. The fraction of sp³-hybridized carbons (Fsp3) is 0.0638. The highest BCUT2D eigenvalue weighted by Crippen LogP contribution is 2.50. The molecule has 50 heavy (non-hydrogen) atoms. The van der Waals surface area contributed by atoms with Crippen molar-refractivity contribution in [3.05, 3.63) is 175 Å². The van der Waals surface area contributed by atoms with E-state index in [1.54, 1.807) is 0 Å². The van der Waals surface area contributed by atoms with Crippen LogP contribution in [0.3, 0.4) is 0 Å². The molecule has 236 valence electrons. The van der Waals surface area contributed by atoms with E-state index in [1.807, 2.05) is 12.1 Å². The van der Waals surface area contributed by atoms with Gasteiger partial charge in [-0.05, 0) is 62.9 Å². The minimum absolute atomic E-state index is 0.0506. The van der Waals surface area contributed by atoms with Gasteiger partial charge < -0.3 is 0 Å². The van der Waals surface area contributed by atoms with E-state index < -0.39 is 0 Å². The van der Waals surface area contributed by atoms with Crippen LogP contribution in [0.15, 0.2) is 164 Å². The second-order valence-electron chi connectivity index (χ2n) is 13.9. The Morgan fingerprint density at radius 2 is 1.04 bits per heavy atom. The van der Waals surface area contributed by atoms with Gasteiger partial charge in [-0.1, -0.05) is 153 Å². The van der Waals surface area contributed by atoms with E-state index in [2.05, 4.69) is 170 Å². The van der Waals surface area contributed by atoms with Gasteiger partial charge >= 0.3 is 0 Å². The van der Waals surface area contributed by atoms with Gasteiger partial charge in [-0.3, -0.25) is 4.57 Å². The average Bonchev–Trinajstić information content (AvgIpc) is 3.62. The Hall–Kier alpha value is -6.32. The monoisotopic (exact) mass is 639 g/mol. The van der Waals surface area contributed by atoms with Gasteiger partial charge in [0, 0.05) is 32.9 Å². The van der Waals surface area contributed by atoms with Crippen LogP contribution >= 0.6 is 0 Å². The Bertz CT molecular complexity index is 2720. The molecule has 0 unspecified atom stereocenters. The highest BCUT2D eigenvalue weighted by atomic mass is 15.2. The maximum atomic E-state index is 5.35. The van der Waals surface area contributed by atoms with Crippen molar-refractivity contribution in [1.29, 1.82) is 0 Å². The second kappa shape index (κ2) is 10.8. The minimum atomic E-state index is -0.0506. The predicted octanol–water partition coefficient (Wildman–Crippen LogP) is 12.0. The molecule has 2 aromatic heterocycles. The van der Waals surface area contributed by atoms with Crippen molar-refractivity contribution in [2.24, 2.45) is 0 Å². The maximum Gasteiger partial charge on any atom is 0.235 e. The lowest BCUT2D eigenvalue weighted by Crippen LogP contribution is -2.14. The van der Waals surface area contributed by atoms with Crippen molar-refractivity contribution in [2.75, 3.05) is 0 Å². The molecule has 9 aromatic rings. The van der Waals surface area contributed by atoms with Crippen LogP contribution in [0.4, 0.5) is 0 Å². The number of hydrogen-bond donors (Lipinski definition) is 0. The Labute approximate surface area is 291 Å². The summed E-state index contributed by atoms with van der Waals surface area (Å²) < 4.78 is 2.30. The zero-order chi connectivity index (χ0) is 33.4. The summed E-state index contributed by atoms with van der Waals surface area (Å²) in [5, 5.41) is 4.76. The fourth-order valence-corrected chi connectivity index (χ4v) is 8.13. The molecule has 0 fully saturated rings. The van der Waals surface area contributed by atoms with Crippen molar-refractivity contribution < 1.29 is 0 Å². The summed E-state index contributed by atoms with van der Waals surface area (Å²) in [7, 11) is 0. The van der Waals surface area contributed by atoms with Crippen molar-refractivity contribution in [3.63, 3.8) is 0 Å². The van der Waals surface area contributed by atoms with Crippen molar-refractivity contribution in [1.82, 2.24) is 14.5 Å². The van der Waals surface area contributed by atoms with E-state index in [4.69, 9.17) is 9.97 Å². The molecule has 0 radical (unpaired) electrons. The van der Waals surface area contributed by atoms with Crippen LogP contribution in [0.2, 0.25) is 0 Å². The zero-order valence-corrected chi connectivity index (χ0v) is 27.9. The number of rotatable bonds is 4. The van der Waals surface area contributed by atoms with E-state index in [0.29, 0.717) is 5.95 Å². The first-order valence-corrected chi connectivity index (χ1v) is 17.3. The number of benzene rings is 7. The molecular formula is C47H33N3. The summed E-state index contributed by atoms with van der Waals surface area (Å²) in [5.74, 6) is 0.653. The molecule has 0 spiro atoms. The second-order valence-corrected chi connectivity index (χ2v) is 13.9. The van der Waals surface area contributed by atoms with Crippen LogP contribution in [0.25, 0.3) is 83.3 Å². The molecule has 0 aliphatic heterocycles. The number of nitrogens with zero attached hydrogens (tertiary/aromatic N) is 3. The first-order valence-electron chi connectivity index (χ1n) is 17.3. The molecule has 3 heteroatoms. The lowest BCUT2D eigenvalue weighted by molar-refractivity contribution is 0.660. The quantitative estimate of drug-likeness (QED) is 0.192. The predicted molar refractivity (Wildman–Crippen MR) is 208 cm³/mol. The van der Waals surface area contributed by atoms with Gasteiger partial charge in [-0.25, -0.2) is 9.97 Å². The molecule has 0 atom stereocenters. The van der Waals surface area contributed by atoms with Crippen LogP contribution in [0, 0.1) is 0 Å². The highest BCUT2D eigenvalue weighted by Gasteiger charge is 2.35. The van der Waals surface area contributed by atoms with E-state index in [-0.39, 0.29) is 5.41 Å². The summed E-state index contributed by atoms with van der Waals surface area (Å²) in [6.07, 6.45) is 0. The molecule has 1 aliphatic rings. The summed E-state index contributed by atoms with van der Waals surface area (Å²) in [6, 6.07) is 58.8. The first-order chi connectivity index (χ1) is 24.5. The Morgan fingerprint density at radius 3 is 1.76 bits per heavy atom. The molecular weight excluding hydrogens is 607 g/mol. The third kappa shape index (κ3) is 4.30. The van der Waals surface area contributed by atoms with Gasteiger partial charge in [0.05, 0.1) is 22.4 Å². The molecule has 0 bridgehead atoms. The van der Waals surface area contributed by atoms with Crippen molar-refractivity contribution in [2.45, 2.75) is 19.3 Å². The minimum Gasteiger partial charge on any atom is -0.277 e. The van der Waals surface area contributed by atoms with Crippen LogP contribution < -0.4 is 0 Å². The molecule has 3 nitrogen and oxygen atoms in total. The summed E-state index contributed by atoms with van der Waals surface area (Å²) in [6.45, 7) is 4.67. The van der Waals surface area contributed by atoms with Crippen LogP contribution in [0.5, 0.6) is 0 Å². The maximum absolute atomic E-state index is 5.35. The van der Waals surface area contributed by atoms with Crippen LogP contribution in [0.1, 0.15) is 25.0 Å². The number of fused-ring (bicyclic) bond motifs is 7. The first kappa shape index (κ1) is 28.7. The van der Waals surface area contributed by atoms with Gasteiger partial charge in [0.1, 0.15) is 0 Å². The Morgan fingerprint density at radius 1 is 0.440 bits per heavy atom. The summed E-state index contributed by atoms with van der Waals surface area (Å²) >= 11 is 0. The molecule has 0 amide bonds. The Balaban J connectivity index is 1.31. The molecule has 0 N–H and O–H groups in total. The van der Waals surface area contributed by atoms with E-state index >= 15 is 0 Å². The average molecular weight is 640 g/mol. The SMILES string of the molecule is CC1(C)c2ccccc2-c2cc(-c3cccc4c5cc6ccccc6cc5n(-c5nc(-c6ccccc6)cc(-c6ccccc6)n5)c34)ccc21. The molecule has 0 saturated carbocycles. The standard InChI is InChI=1S/C47H33N3/c1-47(2)40-23-12-11-20-36(40)38-27-34(24-25-41(38)47)35-21-13-22-37-39-26-32-18-9-10-19-33(32)28-44(39)50(45(35)37)46-48-42(30-14-5-3-6-15-30)29-43(49-46)31-16-7-4-8-17-31/h3-29H,1-2H3. The van der Waals surface area contributed by atoms with E-state index in [0.717, 1.165) is 39.1 Å². The Kier molecular flexibility index (Phi) is 6.22. The summed E-state index contributed by atoms with van der Waals surface area (Å²) in [5.41, 5.74) is 13.7. The number of aromatic nitrogens is 3. The summed E-state index contributed by atoms with van der Waals surface area (Å²) in [4.78, 5) is 10.7. The largest absolute Gasteiger partial charge is 0.277 e. The fourth-order valence-electron chi connectivity index (χ4n) is 8.13. The van der Waals surface area contributed by atoms with Crippen LogP contribution in [-0.2, 0) is 5.41 Å². The third-order valence-electron chi connectivity index (χ3n) is 10.6. The topological polar surface area (TPSA) is 30.7 Å².